The van der Waals surface area contributed by atoms with Gasteiger partial charge < -0.3 is 10.2 Å². The highest BCUT2D eigenvalue weighted by Gasteiger charge is 2.50. The van der Waals surface area contributed by atoms with Gasteiger partial charge in [-0.3, -0.25) is 9.59 Å². The lowest BCUT2D eigenvalue weighted by atomic mass is 9.71. The van der Waals surface area contributed by atoms with E-state index in [1.807, 2.05) is 27.7 Å². The van der Waals surface area contributed by atoms with Crippen LogP contribution in [0.4, 0.5) is 0 Å². The van der Waals surface area contributed by atoms with Crippen LogP contribution in [0.25, 0.3) is 0 Å². The first-order chi connectivity index (χ1) is 14.8. The fourth-order valence-electron chi connectivity index (χ4n) is 3.90. The Balaban J connectivity index is 2.28. The summed E-state index contributed by atoms with van der Waals surface area (Å²) in [5, 5.41) is 19.9. The maximum absolute atomic E-state index is 13.3. The molecule has 1 aliphatic carbocycles. The lowest BCUT2D eigenvalue weighted by Crippen LogP contribution is -2.47. The molecule has 0 fully saturated rings. The molecule has 1 unspecified atom stereocenters. The molecule has 6 heteroatoms. The Labute approximate surface area is 200 Å². The summed E-state index contributed by atoms with van der Waals surface area (Å²) < 4.78 is 0. The van der Waals surface area contributed by atoms with Crippen LogP contribution in [0.1, 0.15) is 81.0 Å². The van der Waals surface area contributed by atoms with E-state index in [0.717, 1.165) is 35.6 Å². The van der Waals surface area contributed by atoms with Gasteiger partial charge in [-0.2, -0.15) is 0 Å². The van der Waals surface area contributed by atoms with Crippen LogP contribution in [0.2, 0.25) is 0 Å². The SMILES string of the molecule is C=C(C)[C@H](Cl)CCC(C)=CCC(CC1C(=O)c2cc(O)cc(O)c2C(=O)[C@@]1(C)Cl)=C(C)C. The van der Waals surface area contributed by atoms with Gasteiger partial charge in [-0.15, -0.1) is 23.2 Å². The van der Waals surface area contributed by atoms with Crippen LogP contribution >= 0.6 is 23.2 Å². The first-order valence-electron chi connectivity index (χ1n) is 10.7. The quantitative estimate of drug-likeness (QED) is 0.308. The third kappa shape index (κ3) is 5.65. The summed E-state index contributed by atoms with van der Waals surface area (Å²) in [7, 11) is 0. The fraction of sp³-hybridized carbons (Fsp3) is 0.462. The third-order valence-electron chi connectivity index (χ3n) is 6.19. The van der Waals surface area contributed by atoms with Crippen molar-refractivity contribution in [1.29, 1.82) is 0 Å². The number of hydrogen-bond acceptors (Lipinski definition) is 4. The van der Waals surface area contributed by atoms with Gasteiger partial charge in [0.05, 0.1) is 16.9 Å². The number of hydrogen-bond donors (Lipinski definition) is 2. The fourth-order valence-corrected chi connectivity index (χ4v) is 4.28. The highest BCUT2D eigenvalue weighted by atomic mass is 35.5. The zero-order chi connectivity index (χ0) is 24.4. The number of carbonyl (C=O) groups is 2. The Morgan fingerprint density at radius 1 is 1.22 bits per heavy atom. The summed E-state index contributed by atoms with van der Waals surface area (Å²) in [5.74, 6) is -2.37. The molecule has 1 aromatic rings. The third-order valence-corrected chi connectivity index (χ3v) is 7.22. The van der Waals surface area contributed by atoms with Gasteiger partial charge in [0, 0.05) is 11.6 Å². The minimum absolute atomic E-state index is 0.0170. The molecule has 2 N–H and O–H groups in total. The second kappa shape index (κ2) is 10.3. The minimum atomic E-state index is -1.49. The molecule has 0 radical (unpaired) electrons. The Kier molecular flexibility index (Phi) is 8.41. The van der Waals surface area contributed by atoms with Crippen LogP contribution in [0.3, 0.4) is 0 Å². The molecule has 0 aliphatic heterocycles. The number of aromatic hydroxyl groups is 2. The summed E-state index contributed by atoms with van der Waals surface area (Å²) >= 11 is 12.9. The number of phenolic OH excluding ortho intramolecular Hbond substituents is 2. The predicted molar refractivity (Wildman–Crippen MR) is 131 cm³/mol. The molecule has 0 aromatic heterocycles. The molecule has 4 nitrogen and oxygen atoms in total. The first kappa shape index (κ1) is 26.2. The van der Waals surface area contributed by atoms with Crippen molar-refractivity contribution >= 4 is 34.8 Å². The average Bonchev–Trinajstić information content (AvgIpc) is 2.69. The normalized spacial score (nSPS) is 21.8. The maximum atomic E-state index is 13.3. The smallest absolute Gasteiger partial charge is 0.188 e. The second-order valence-corrected chi connectivity index (χ2v) is 10.4. The molecule has 3 atom stereocenters. The second-order valence-electron chi connectivity index (χ2n) is 9.12. The topological polar surface area (TPSA) is 74.6 Å². The van der Waals surface area contributed by atoms with Crippen LogP contribution in [-0.2, 0) is 0 Å². The zero-order valence-corrected chi connectivity index (χ0v) is 20.9. The molecular weight excluding hydrogens is 447 g/mol. The number of phenols is 2. The molecule has 0 heterocycles. The van der Waals surface area contributed by atoms with Crippen molar-refractivity contribution in [1.82, 2.24) is 0 Å². The number of carbonyl (C=O) groups excluding carboxylic acids is 2. The molecule has 0 amide bonds. The van der Waals surface area contributed by atoms with E-state index in [9.17, 15) is 19.8 Å². The number of fused-ring (bicyclic) bond motifs is 1. The monoisotopic (exact) mass is 478 g/mol. The Hall–Kier alpha value is -2.04. The molecular formula is C26H32Cl2O4. The first-order valence-corrected chi connectivity index (χ1v) is 11.5. The van der Waals surface area contributed by atoms with Gasteiger partial charge in [-0.1, -0.05) is 34.9 Å². The molecule has 32 heavy (non-hydrogen) atoms. The largest absolute Gasteiger partial charge is 0.508 e. The standard InChI is InChI=1S/C26H32Cl2O4/c1-14(2)17(9-7-16(5)8-10-21(27)15(3)4)11-20-24(31)19-12-18(29)13-22(30)23(19)25(32)26(20,6)28/h7,12-13,20-21,29-30H,3,8-11H2,1-2,4-6H3/t20?,21-,26+/m1/s1. The molecule has 0 bridgehead atoms. The zero-order valence-electron chi connectivity index (χ0n) is 19.4. The molecule has 0 saturated heterocycles. The molecule has 174 valence electrons. The molecule has 0 saturated carbocycles. The van der Waals surface area contributed by atoms with E-state index < -0.39 is 22.3 Å². The van der Waals surface area contributed by atoms with E-state index in [-0.39, 0.29) is 28.0 Å². The lowest BCUT2D eigenvalue weighted by Gasteiger charge is -2.36. The van der Waals surface area contributed by atoms with Crippen molar-refractivity contribution in [2.24, 2.45) is 5.92 Å². The average molecular weight is 479 g/mol. The van der Waals surface area contributed by atoms with Crippen LogP contribution < -0.4 is 0 Å². The van der Waals surface area contributed by atoms with Gasteiger partial charge in [-0.05, 0) is 66.4 Å². The summed E-state index contributed by atoms with van der Waals surface area (Å²) in [6.45, 7) is 13.3. The number of alkyl halides is 2. The highest BCUT2D eigenvalue weighted by molar-refractivity contribution is 6.42. The number of rotatable bonds is 8. The number of benzene rings is 1. The Morgan fingerprint density at radius 2 is 1.84 bits per heavy atom. The van der Waals surface area contributed by atoms with E-state index in [0.29, 0.717) is 12.8 Å². The van der Waals surface area contributed by atoms with E-state index >= 15 is 0 Å². The molecule has 2 rings (SSSR count). The van der Waals surface area contributed by atoms with E-state index in [1.165, 1.54) is 18.6 Å². The number of ketones is 2. The van der Waals surface area contributed by atoms with Crippen molar-refractivity contribution in [3.63, 3.8) is 0 Å². The minimum Gasteiger partial charge on any atom is -0.508 e. The van der Waals surface area contributed by atoms with E-state index in [1.54, 1.807) is 0 Å². The van der Waals surface area contributed by atoms with Crippen LogP contribution in [0.15, 0.2) is 47.1 Å². The lowest BCUT2D eigenvalue weighted by molar-refractivity contribution is 0.0769. The summed E-state index contributed by atoms with van der Waals surface area (Å²) in [5.41, 5.74) is 4.12. The highest BCUT2D eigenvalue weighted by Crippen LogP contribution is 2.45. The van der Waals surface area contributed by atoms with Gasteiger partial charge in [0.2, 0.25) is 0 Å². The van der Waals surface area contributed by atoms with Gasteiger partial charge in [0.25, 0.3) is 0 Å². The maximum Gasteiger partial charge on any atom is 0.188 e. The van der Waals surface area contributed by atoms with Crippen LogP contribution in [0.5, 0.6) is 11.5 Å². The Morgan fingerprint density at radius 3 is 2.41 bits per heavy atom. The Bertz CT molecular complexity index is 997. The van der Waals surface area contributed by atoms with Crippen molar-refractivity contribution in [3.05, 3.63) is 58.2 Å². The number of halogens is 2. The van der Waals surface area contributed by atoms with Crippen molar-refractivity contribution in [2.45, 2.75) is 70.6 Å². The van der Waals surface area contributed by atoms with Gasteiger partial charge in [0.1, 0.15) is 16.4 Å². The van der Waals surface area contributed by atoms with Crippen molar-refractivity contribution < 1.29 is 19.8 Å². The molecule has 0 spiro atoms. The summed E-state index contributed by atoms with van der Waals surface area (Å²) in [6.07, 6.45) is 4.73. The van der Waals surface area contributed by atoms with Crippen LogP contribution in [0, 0.1) is 5.92 Å². The van der Waals surface area contributed by atoms with Crippen molar-refractivity contribution in [3.8, 4) is 11.5 Å². The molecule has 1 aromatic carbocycles. The van der Waals surface area contributed by atoms with E-state index in [4.69, 9.17) is 23.2 Å². The summed E-state index contributed by atoms with van der Waals surface area (Å²) in [6, 6.07) is 2.27. The van der Waals surface area contributed by atoms with Crippen LogP contribution in [-0.4, -0.2) is 32.0 Å². The molecule has 1 aliphatic rings. The van der Waals surface area contributed by atoms with Gasteiger partial charge in [0.15, 0.2) is 11.6 Å². The number of Topliss-reactive ketones (excluding diaryl/α,β-unsaturated/α-hetero) is 2. The van der Waals surface area contributed by atoms with Gasteiger partial charge in [-0.25, -0.2) is 0 Å². The van der Waals surface area contributed by atoms with E-state index in [2.05, 4.69) is 12.7 Å². The van der Waals surface area contributed by atoms with Crippen molar-refractivity contribution in [2.75, 3.05) is 0 Å². The summed E-state index contributed by atoms with van der Waals surface area (Å²) in [4.78, 5) is 24.9. The number of allylic oxidation sites excluding steroid dienone is 5. The van der Waals surface area contributed by atoms with Gasteiger partial charge >= 0.3 is 0 Å². The predicted octanol–water partition coefficient (Wildman–Crippen LogP) is 7.12.